The van der Waals surface area contributed by atoms with Crippen LogP contribution in [-0.4, -0.2) is 40.5 Å². The number of hydrogen-bond acceptors (Lipinski definition) is 6. The van der Waals surface area contributed by atoms with E-state index >= 15 is 0 Å². The van der Waals surface area contributed by atoms with Crippen molar-refractivity contribution in [2.75, 3.05) is 22.5 Å². The van der Waals surface area contributed by atoms with E-state index in [1.54, 1.807) is 59.3 Å². The highest BCUT2D eigenvalue weighted by atomic mass is 19.4. The van der Waals surface area contributed by atoms with Crippen LogP contribution in [0.2, 0.25) is 0 Å². The number of carbonyl (C=O) groups excluding carboxylic acids is 4. The number of aromatic nitrogens is 2. The molecule has 47 heavy (non-hydrogen) atoms. The molecule has 0 unspecified atom stereocenters. The van der Waals surface area contributed by atoms with E-state index in [2.05, 4.69) is 21.2 Å². The largest absolute Gasteiger partial charge is 0.416 e. The summed E-state index contributed by atoms with van der Waals surface area (Å²) in [5.41, 5.74) is 0.151. The Bertz CT molecular complexity index is 1780. The fourth-order valence-corrected chi connectivity index (χ4v) is 5.94. The van der Waals surface area contributed by atoms with Crippen LogP contribution in [0.15, 0.2) is 83.5 Å². The summed E-state index contributed by atoms with van der Waals surface area (Å²) in [7, 11) is 0. The van der Waals surface area contributed by atoms with E-state index in [0.29, 0.717) is 36.1 Å². The zero-order valence-electron chi connectivity index (χ0n) is 24.9. The number of fused-ring (bicyclic) bond motifs is 1. The van der Waals surface area contributed by atoms with Crippen LogP contribution in [-0.2, 0) is 17.4 Å². The van der Waals surface area contributed by atoms with Gasteiger partial charge in [-0.3, -0.25) is 29.1 Å². The monoisotopic (exact) mass is 647 g/mol. The van der Waals surface area contributed by atoms with Gasteiger partial charge >= 0.3 is 18.1 Å². The summed E-state index contributed by atoms with van der Waals surface area (Å²) in [5.74, 6) is -0.970. The summed E-state index contributed by atoms with van der Waals surface area (Å²) < 4.78 is 47.6. The molecule has 11 nitrogen and oxygen atoms in total. The summed E-state index contributed by atoms with van der Waals surface area (Å²) in [6.45, 7) is 0.337. The van der Waals surface area contributed by atoms with Crippen molar-refractivity contribution in [3.05, 3.63) is 101 Å². The van der Waals surface area contributed by atoms with Gasteiger partial charge in [0.05, 0.1) is 23.1 Å². The van der Waals surface area contributed by atoms with E-state index in [1.165, 1.54) is 17.2 Å². The predicted molar refractivity (Wildman–Crippen MR) is 162 cm³/mol. The lowest BCUT2D eigenvalue weighted by molar-refractivity contribution is -0.787. The molecule has 14 heteroatoms. The van der Waals surface area contributed by atoms with Crippen molar-refractivity contribution in [3.63, 3.8) is 0 Å². The topological polar surface area (TPSA) is 138 Å². The van der Waals surface area contributed by atoms with Gasteiger partial charge < -0.3 is 10.6 Å². The minimum Gasteiger partial charge on any atom is -0.326 e. The van der Waals surface area contributed by atoms with E-state index in [1.807, 2.05) is 0 Å². The Morgan fingerprint density at radius 2 is 1.47 bits per heavy atom. The first-order valence-electron chi connectivity index (χ1n) is 15.0. The van der Waals surface area contributed by atoms with Crippen molar-refractivity contribution in [2.45, 2.75) is 44.3 Å². The van der Waals surface area contributed by atoms with Gasteiger partial charge in [-0.25, -0.2) is 4.79 Å². The number of halogens is 3. The minimum atomic E-state index is -4.73. The zero-order valence-corrected chi connectivity index (χ0v) is 24.9. The summed E-state index contributed by atoms with van der Waals surface area (Å²) in [4.78, 5) is 51.9. The van der Waals surface area contributed by atoms with Crippen LogP contribution in [0.25, 0.3) is 0 Å². The lowest BCUT2D eigenvalue weighted by Gasteiger charge is -2.27. The SMILES string of the molecule is O=C(Cc1ccccc1)Nc1cc(NC(=O)Nc2c[n+](C3CCC(CN4C(=O)c5ccccc5C4=O)CC3)no2)cc(C(F)(F)F)c1. The number of alkyl halides is 3. The fourth-order valence-electron chi connectivity index (χ4n) is 5.94. The third-order valence-corrected chi connectivity index (χ3v) is 8.24. The molecule has 0 bridgehead atoms. The molecule has 1 fully saturated rings. The molecule has 0 radical (unpaired) electrons. The van der Waals surface area contributed by atoms with Crippen LogP contribution in [0.3, 0.4) is 0 Å². The van der Waals surface area contributed by atoms with Crippen LogP contribution in [0.4, 0.5) is 35.2 Å². The molecule has 0 atom stereocenters. The molecule has 1 saturated carbocycles. The lowest BCUT2D eigenvalue weighted by Crippen LogP contribution is -2.44. The molecule has 3 aromatic carbocycles. The molecule has 2 heterocycles. The van der Waals surface area contributed by atoms with E-state index in [9.17, 15) is 32.3 Å². The van der Waals surface area contributed by atoms with Crippen LogP contribution in [0, 0.1) is 5.92 Å². The number of imide groups is 1. The van der Waals surface area contributed by atoms with Gasteiger partial charge in [-0.15, -0.1) is 0 Å². The molecule has 2 aliphatic rings. The molecule has 0 spiro atoms. The van der Waals surface area contributed by atoms with E-state index < -0.39 is 23.7 Å². The lowest BCUT2D eigenvalue weighted by atomic mass is 9.85. The number of benzene rings is 3. The van der Waals surface area contributed by atoms with Crippen molar-refractivity contribution in [2.24, 2.45) is 5.92 Å². The Kier molecular flexibility index (Phi) is 8.74. The number of hydrogen-bond donors (Lipinski definition) is 3. The number of anilines is 3. The van der Waals surface area contributed by atoms with Gasteiger partial charge in [0.25, 0.3) is 18.0 Å². The van der Waals surface area contributed by atoms with E-state index in [-0.39, 0.29) is 47.5 Å². The van der Waals surface area contributed by atoms with Gasteiger partial charge in [-0.05, 0) is 59.3 Å². The quantitative estimate of drug-likeness (QED) is 0.163. The molecule has 4 aromatic rings. The summed E-state index contributed by atoms with van der Waals surface area (Å²) in [6, 6.07) is 17.3. The number of urea groups is 1. The van der Waals surface area contributed by atoms with Crippen molar-refractivity contribution >= 4 is 41.0 Å². The van der Waals surface area contributed by atoms with Gasteiger partial charge in [-0.1, -0.05) is 42.5 Å². The number of amides is 5. The normalized spacial score (nSPS) is 17.7. The molecular formula is C33H30F3N6O5+. The highest BCUT2D eigenvalue weighted by molar-refractivity contribution is 6.21. The molecule has 1 aliphatic heterocycles. The Hall–Kier alpha value is -5.53. The van der Waals surface area contributed by atoms with Gasteiger partial charge in [-0.2, -0.15) is 13.2 Å². The molecule has 3 N–H and O–H groups in total. The van der Waals surface area contributed by atoms with Gasteiger partial charge in [0, 0.05) is 30.8 Å². The molecule has 6 rings (SSSR count). The van der Waals surface area contributed by atoms with E-state index in [0.717, 1.165) is 25.0 Å². The van der Waals surface area contributed by atoms with Crippen molar-refractivity contribution in [1.82, 2.24) is 10.2 Å². The van der Waals surface area contributed by atoms with Crippen molar-refractivity contribution in [3.8, 4) is 0 Å². The molecule has 1 aromatic heterocycles. The van der Waals surface area contributed by atoms with E-state index in [4.69, 9.17) is 4.52 Å². The summed E-state index contributed by atoms with van der Waals surface area (Å²) in [6.07, 6.45) is -0.426. The average Bonchev–Trinajstić information content (AvgIpc) is 3.60. The Morgan fingerprint density at radius 3 is 2.11 bits per heavy atom. The first-order chi connectivity index (χ1) is 22.5. The first-order valence-corrected chi connectivity index (χ1v) is 15.0. The minimum absolute atomic E-state index is 0.0287. The second kappa shape index (κ2) is 13.1. The number of nitrogens with zero attached hydrogens (tertiary/aromatic N) is 3. The standard InChI is InChI=1S/C33H29F3N6O5/c34-33(35,36)22-15-23(37-28(43)14-20-6-2-1-3-7-20)17-24(16-22)38-32(46)39-29-19-42(40-47-29)25-12-10-21(11-13-25)18-41-30(44)26-8-4-5-9-27(26)31(41)45/h1-9,15-17,19,21,25H,10-14,18H2,(H2-,37,38,39,40,43,46)/p+1. The molecule has 5 amide bonds. The third kappa shape index (κ3) is 7.32. The van der Waals surface area contributed by atoms with Crippen molar-refractivity contribution < 1.29 is 41.6 Å². The molecule has 0 saturated heterocycles. The predicted octanol–water partition coefficient (Wildman–Crippen LogP) is 5.83. The third-order valence-electron chi connectivity index (χ3n) is 8.24. The Morgan fingerprint density at radius 1 is 0.851 bits per heavy atom. The summed E-state index contributed by atoms with van der Waals surface area (Å²) in [5, 5.41) is 11.2. The summed E-state index contributed by atoms with van der Waals surface area (Å²) >= 11 is 0. The maximum absolute atomic E-state index is 13.6. The second-order valence-corrected chi connectivity index (χ2v) is 11.6. The highest BCUT2D eigenvalue weighted by Gasteiger charge is 2.38. The van der Waals surface area contributed by atoms with Gasteiger partial charge in [0.1, 0.15) is 0 Å². The van der Waals surface area contributed by atoms with Crippen LogP contribution < -0.4 is 20.6 Å². The molecule has 242 valence electrons. The first kappa shape index (κ1) is 31.5. The number of carbonyl (C=O) groups is 4. The van der Waals surface area contributed by atoms with Crippen molar-refractivity contribution in [1.29, 1.82) is 0 Å². The van der Waals surface area contributed by atoms with Gasteiger partial charge in [0.2, 0.25) is 11.2 Å². The number of nitrogens with one attached hydrogen (secondary N) is 3. The fraction of sp³-hybridized carbons (Fsp3) is 0.273. The second-order valence-electron chi connectivity index (χ2n) is 11.6. The Labute approximate surface area is 266 Å². The molecule has 1 aliphatic carbocycles. The maximum Gasteiger partial charge on any atom is 0.416 e. The van der Waals surface area contributed by atoms with Crippen LogP contribution in [0.1, 0.15) is 63.6 Å². The van der Waals surface area contributed by atoms with Crippen LogP contribution in [0.5, 0.6) is 0 Å². The molecular weight excluding hydrogens is 617 g/mol. The van der Waals surface area contributed by atoms with Crippen LogP contribution >= 0.6 is 0 Å². The smallest absolute Gasteiger partial charge is 0.326 e. The zero-order chi connectivity index (χ0) is 33.1. The number of rotatable bonds is 8. The maximum atomic E-state index is 13.6. The highest BCUT2D eigenvalue weighted by Crippen LogP contribution is 2.34. The van der Waals surface area contributed by atoms with Gasteiger partial charge in [0.15, 0.2) is 6.04 Å². The Balaban J connectivity index is 1.03. The average molecular weight is 648 g/mol.